The topological polar surface area (TPSA) is 26.3 Å². The Morgan fingerprint density at radius 2 is 1.36 bits per heavy atom. The Balaban J connectivity index is 2.88. The average Bonchev–Trinajstić information content (AvgIpc) is 2.36. The highest BCUT2D eigenvalue weighted by Crippen LogP contribution is 2.46. The largest absolute Gasteiger partial charge is 0.462 e. The first-order valence-electron chi connectivity index (χ1n) is 7.12. The van der Waals surface area contributed by atoms with E-state index in [0.717, 1.165) is 0 Å². The zero-order chi connectivity index (χ0) is 17.3. The van der Waals surface area contributed by atoms with Gasteiger partial charge in [-0.3, -0.25) is 4.79 Å². The highest BCUT2D eigenvalue weighted by Gasteiger charge is 2.52. The minimum atomic E-state index is -4.73. The lowest BCUT2D eigenvalue weighted by atomic mass is 9.78. The van der Waals surface area contributed by atoms with Crippen LogP contribution < -0.4 is 0 Å². The predicted octanol–water partition coefficient (Wildman–Crippen LogP) is 4.88. The molecule has 2 nitrogen and oxygen atoms in total. The highest BCUT2D eigenvalue weighted by atomic mass is 19.4. The molecule has 0 amide bonds. The van der Waals surface area contributed by atoms with Crippen LogP contribution in [0, 0.1) is 17.3 Å². The molecule has 0 heterocycles. The van der Waals surface area contributed by atoms with Gasteiger partial charge in [0.2, 0.25) is 0 Å². The molecule has 0 spiro atoms. The second-order valence-corrected chi connectivity index (χ2v) is 6.45. The molecule has 0 N–H and O–H groups in total. The minimum absolute atomic E-state index is 0.379. The van der Waals surface area contributed by atoms with Crippen LogP contribution in [0.15, 0.2) is 0 Å². The Kier molecular flexibility index (Phi) is 5.45. The molecule has 22 heavy (non-hydrogen) atoms. The standard InChI is InChI=1S/C14H20F6O2/c1-4-12(2,3)11(21)22-10-6-8(13(15,16)17)5-9(7-10)14(18,19)20/h8-10H,4-7H2,1-3H3. The number of ether oxygens (including phenoxy) is 1. The summed E-state index contributed by atoms with van der Waals surface area (Å²) in [5.74, 6) is -4.96. The van der Waals surface area contributed by atoms with Crippen LogP contribution in [0.3, 0.4) is 0 Å². The zero-order valence-electron chi connectivity index (χ0n) is 12.6. The van der Waals surface area contributed by atoms with E-state index in [1.54, 1.807) is 20.8 Å². The molecule has 1 aliphatic carbocycles. The fraction of sp³-hybridized carbons (Fsp3) is 0.929. The number of esters is 1. The van der Waals surface area contributed by atoms with Crippen molar-refractivity contribution in [1.82, 2.24) is 0 Å². The van der Waals surface area contributed by atoms with Crippen LogP contribution in [-0.2, 0) is 9.53 Å². The van der Waals surface area contributed by atoms with Crippen LogP contribution in [0.4, 0.5) is 26.3 Å². The molecule has 0 aliphatic heterocycles. The number of alkyl halides is 6. The van der Waals surface area contributed by atoms with E-state index < -0.39 is 60.9 Å². The molecule has 0 radical (unpaired) electrons. The van der Waals surface area contributed by atoms with Crippen molar-refractivity contribution < 1.29 is 35.9 Å². The lowest BCUT2D eigenvalue weighted by Gasteiger charge is -2.37. The van der Waals surface area contributed by atoms with E-state index >= 15 is 0 Å². The first kappa shape index (κ1) is 19.1. The van der Waals surface area contributed by atoms with Crippen LogP contribution in [-0.4, -0.2) is 24.4 Å². The molecule has 0 aromatic carbocycles. The molecule has 1 fully saturated rings. The second kappa shape index (κ2) is 6.28. The van der Waals surface area contributed by atoms with Crippen LogP contribution in [0.25, 0.3) is 0 Å². The van der Waals surface area contributed by atoms with Gasteiger partial charge in [0.25, 0.3) is 0 Å². The van der Waals surface area contributed by atoms with Gasteiger partial charge in [0.1, 0.15) is 6.10 Å². The summed E-state index contributed by atoms with van der Waals surface area (Å²) in [6.45, 7) is 4.78. The van der Waals surface area contributed by atoms with Crippen molar-refractivity contribution >= 4 is 5.97 Å². The van der Waals surface area contributed by atoms with Crippen molar-refractivity contribution in [3.63, 3.8) is 0 Å². The molecule has 0 aromatic rings. The van der Waals surface area contributed by atoms with Crippen molar-refractivity contribution in [2.24, 2.45) is 17.3 Å². The number of hydrogen-bond donors (Lipinski definition) is 0. The Hall–Kier alpha value is -0.950. The van der Waals surface area contributed by atoms with E-state index in [9.17, 15) is 31.1 Å². The maximum Gasteiger partial charge on any atom is 0.391 e. The molecule has 2 atom stereocenters. The highest BCUT2D eigenvalue weighted by molar-refractivity contribution is 5.76. The molecule has 2 unspecified atom stereocenters. The van der Waals surface area contributed by atoms with Gasteiger partial charge in [0.15, 0.2) is 0 Å². The van der Waals surface area contributed by atoms with Crippen LogP contribution in [0.2, 0.25) is 0 Å². The summed E-state index contributed by atoms with van der Waals surface area (Å²) in [4.78, 5) is 11.9. The van der Waals surface area contributed by atoms with Gasteiger partial charge in [-0.25, -0.2) is 0 Å². The third kappa shape index (κ3) is 4.78. The molecular weight excluding hydrogens is 314 g/mol. The number of carbonyl (C=O) groups excluding carboxylic acids is 1. The third-order valence-electron chi connectivity index (χ3n) is 4.30. The summed E-state index contributed by atoms with van der Waals surface area (Å²) >= 11 is 0. The Morgan fingerprint density at radius 3 is 1.68 bits per heavy atom. The molecule has 1 rings (SSSR count). The first-order valence-corrected chi connectivity index (χ1v) is 7.12. The number of halogens is 6. The van der Waals surface area contributed by atoms with Gasteiger partial charge in [-0.2, -0.15) is 26.3 Å². The van der Waals surface area contributed by atoms with Crippen LogP contribution in [0.1, 0.15) is 46.5 Å². The summed E-state index contributed by atoms with van der Waals surface area (Å²) in [6.07, 6.45) is -12.7. The van der Waals surface area contributed by atoms with Gasteiger partial charge in [-0.1, -0.05) is 6.92 Å². The lowest BCUT2D eigenvalue weighted by molar-refractivity contribution is -0.237. The molecular formula is C14H20F6O2. The van der Waals surface area contributed by atoms with Crippen molar-refractivity contribution in [3.8, 4) is 0 Å². The number of carbonyl (C=O) groups is 1. The summed E-state index contributed by atoms with van der Waals surface area (Å²) < 4.78 is 81.8. The van der Waals surface area contributed by atoms with Gasteiger partial charge in [-0.05, 0) is 39.5 Å². The van der Waals surface area contributed by atoms with Gasteiger partial charge < -0.3 is 4.74 Å². The fourth-order valence-corrected chi connectivity index (χ4v) is 2.35. The summed E-state index contributed by atoms with van der Waals surface area (Å²) in [6, 6.07) is 0. The minimum Gasteiger partial charge on any atom is -0.462 e. The van der Waals surface area contributed by atoms with Crippen LogP contribution >= 0.6 is 0 Å². The van der Waals surface area contributed by atoms with Gasteiger partial charge in [0, 0.05) is 0 Å². The van der Waals surface area contributed by atoms with Crippen molar-refractivity contribution in [2.75, 3.05) is 0 Å². The Labute approximate surface area is 125 Å². The Bertz CT molecular complexity index is 377. The number of hydrogen-bond acceptors (Lipinski definition) is 2. The lowest BCUT2D eigenvalue weighted by Crippen LogP contribution is -2.43. The quantitative estimate of drug-likeness (QED) is 0.543. The zero-order valence-corrected chi connectivity index (χ0v) is 12.6. The maximum absolute atomic E-state index is 12.8. The summed E-state index contributed by atoms with van der Waals surface area (Å²) in [5.41, 5.74) is -0.932. The van der Waals surface area contributed by atoms with Crippen molar-refractivity contribution in [1.29, 1.82) is 0 Å². The SMILES string of the molecule is CCC(C)(C)C(=O)OC1CC(C(F)(F)F)CC(C(F)(F)F)C1. The molecule has 0 saturated heterocycles. The van der Waals surface area contributed by atoms with Gasteiger partial charge in [-0.15, -0.1) is 0 Å². The van der Waals surface area contributed by atoms with Crippen molar-refractivity contribution in [2.45, 2.75) is 64.9 Å². The molecule has 130 valence electrons. The molecule has 0 aromatic heterocycles. The first-order chi connectivity index (χ1) is 9.77. The van der Waals surface area contributed by atoms with E-state index in [0.29, 0.717) is 6.42 Å². The van der Waals surface area contributed by atoms with E-state index in [2.05, 4.69) is 0 Å². The predicted molar refractivity (Wildman–Crippen MR) is 66.9 cm³/mol. The average molecular weight is 334 g/mol. The molecule has 1 saturated carbocycles. The number of rotatable bonds is 3. The normalized spacial score (nSPS) is 27.6. The second-order valence-electron chi connectivity index (χ2n) is 6.45. The summed E-state index contributed by atoms with van der Waals surface area (Å²) in [7, 11) is 0. The molecule has 1 aliphatic rings. The monoisotopic (exact) mass is 334 g/mol. The van der Waals surface area contributed by atoms with Gasteiger partial charge >= 0.3 is 18.3 Å². The van der Waals surface area contributed by atoms with E-state index in [4.69, 9.17) is 4.74 Å². The molecule has 0 bridgehead atoms. The smallest absolute Gasteiger partial charge is 0.391 e. The Morgan fingerprint density at radius 1 is 0.955 bits per heavy atom. The summed E-state index contributed by atoms with van der Waals surface area (Å²) in [5, 5.41) is 0. The fourth-order valence-electron chi connectivity index (χ4n) is 2.35. The van der Waals surface area contributed by atoms with E-state index in [1.807, 2.05) is 0 Å². The van der Waals surface area contributed by atoms with Gasteiger partial charge in [0.05, 0.1) is 17.3 Å². The third-order valence-corrected chi connectivity index (χ3v) is 4.30. The maximum atomic E-state index is 12.8. The van der Waals surface area contributed by atoms with Crippen molar-refractivity contribution in [3.05, 3.63) is 0 Å². The molecule has 8 heteroatoms. The van der Waals surface area contributed by atoms with E-state index in [-0.39, 0.29) is 0 Å². The van der Waals surface area contributed by atoms with Crippen LogP contribution in [0.5, 0.6) is 0 Å². The van der Waals surface area contributed by atoms with E-state index in [1.165, 1.54) is 0 Å².